The number of rotatable bonds is 14. The van der Waals surface area contributed by atoms with Crippen LogP contribution in [-0.2, 0) is 15.3 Å². The van der Waals surface area contributed by atoms with E-state index >= 15 is 0 Å². The molecule has 1 heterocycles. The molecule has 0 fully saturated rings. The van der Waals surface area contributed by atoms with Gasteiger partial charge in [0, 0.05) is 31.1 Å². The zero-order valence-electron chi connectivity index (χ0n) is 21.5. The molecule has 0 aliphatic rings. The van der Waals surface area contributed by atoms with Crippen LogP contribution in [0.2, 0.25) is 12.6 Å². The fourth-order valence-electron chi connectivity index (χ4n) is 4.31. The Morgan fingerprint density at radius 2 is 1.61 bits per heavy atom. The Bertz CT molecular complexity index is 1180. The first-order valence-corrected chi connectivity index (χ1v) is 15.2. The summed E-state index contributed by atoms with van der Waals surface area (Å²) < 4.78 is 51.5. The van der Waals surface area contributed by atoms with Crippen molar-refractivity contribution in [1.82, 2.24) is 0 Å². The van der Waals surface area contributed by atoms with E-state index < -0.39 is 26.5 Å². The standard InChI is InChI=1S/C28H36F2O5Si/c1-5-20-10-8-9-11-23(20)24-18-21-12-13-22(19-27(21)35-28(24)31)32-16-14-25(29)26(30)15-17-36(4,33-6-2)34-7-3/h8-13,18-19,25-26H,5-7,14-17H2,1-4H3. The van der Waals surface area contributed by atoms with Crippen LogP contribution in [0.5, 0.6) is 5.75 Å². The van der Waals surface area contributed by atoms with E-state index in [-0.39, 0.29) is 19.4 Å². The summed E-state index contributed by atoms with van der Waals surface area (Å²) in [5, 5.41) is 0.755. The molecule has 5 nitrogen and oxygen atoms in total. The topological polar surface area (TPSA) is 57.9 Å². The molecule has 3 rings (SSSR count). The van der Waals surface area contributed by atoms with Gasteiger partial charge in [-0.2, -0.15) is 0 Å². The molecule has 36 heavy (non-hydrogen) atoms. The summed E-state index contributed by atoms with van der Waals surface area (Å²) in [6.07, 6.45) is -2.49. The highest BCUT2D eigenvalue weighted by Crippen LogP contribution is 2.27. The van der Waals surface area contributed by atoms with Crippen molar-refractivity contribution in [1.29, 1.82) is 0 Å². The van der Waals surface area contributed by atoms with E-state index in [2.05, 4.69) is 0 Å². The van der Waals surface area contributed by atoms with E-state index in [9.17, 15) is 13.6 Å². The van der Waals surface area contributed by atoms with Crippen molar-refractivity contribution in [2.24, 2.45) is 0 Å². The summed E-state index contributed by atoms with van der Waals surface area (Å²) in [5.74, 6) is 0.433. The van der Waals surface area contributed by atoms with Gasteiger partial charge in [-0.05, 0) is 68.6 Å². The molecule has 1 aromatic heterocycles. The van der Waals surface area contributed by atoms with Gasteiger partial charge in [0.15, 0.2) is 0 Å². The molecule has 0 aliphatic carbocycles. The number of alkyl halides is 2. The van der Waals surface area contributed by atoms with Crippen LogP contribution in [0.15, 0.2) is 57.7 Å². The average molecular weight is 519 g/mol. The quantitative estimate of drug-likeness (QED) is 0.170. The summed E-state index contributed by atoms with van der Waals surface area (Å²) in [6, 6.07) is 15.1. The summed E-state index contributed by atoms with van der Waals surface area (Å²) in [4.78, 5) is 12.7. The first-order chi connectivity index (χ1) is 17.3. The van der Waals surface area contributed by atoms with Gasteiger partial charge in [0.2, 0.25) is 0 Å². The fraction of sp³-hybridized carbons (Fsp3) is 0.464. The van der Waals surface area contributed by atoms with Gasteiger partial charge in [-0.3, -0.25) is 0 Å². The van der Waals surface area contributed by atoms with Crippen LogP contribution in [0.1, 0.15) is 39.2 Å². The van der Waals surface area contributed by atoms with Crippen molar-refractivity contribution < 1.29 is 26.8 Å². The van der Waals surface area contributed by atoms with Crippen LogP contribution in [0.25, 0.3) is 22.1 Å². The van der Waals surface area contributed by atoms with Crippen LogP contribution in [0, 0.1) is 0 Å². The SMILES string of the molecule is CCO[Si](C)(CCC(F)C(F)CCOc1ccc2cc(-c3ccccc3CC)c(=O)oc2c1)OCC. The van der Waals surface area contributed by atoms with Gasteiger partial charge in [0.1, 0.15) is 23.7 Å². The highest BCUT2D eigenvalue weighted by atomic mass is 28.4. The lowest BCUT2D eigenvalue weighted by Crippen LogP contribution is -2.39. The Hall–Kier alpha value is -2.55. The van der Waals surface area contributed by atoms with Gasteiger partial charge in [0.25, 0.3) is 0 Å². The van der Waals surface area contributed by atoms with Gasteiger partial charge in [-0.25, -0.2) is 13.6 Å². The van der Waals surface area contributed by atoms with Crippen LogP contribution in [0.4, 0.5) is 8.78 Å². The molecule has 196 valence electrons. The molecule has 2 aromatic carbocycles. The Labute approximate surface area is 212 Å². The number of halogens is 2. The molecule has 2 unspecified atom stereocenters. The van der Waals surface area contributed by atoms with Gasteiger partial charge >= 0.3 is 14.2 Å². The second-order valence-electron chi connectivity index (χ2n) is 8.87. The van der Waals surface area contributed by atoms with E-state index in [1.165, 1.54) is 0 Å². The van der Waals surface area contributed by atoms with E-state index in [1.54, 1.807) is 18.2 Å². The third-order valence-electron chi connectivity index (χ3n) is 6.22. The Morgan fingerprint density at radius 3 is 2.31 bits per heavy atom. The third kappa shape index (κ3) is 7.24. The van der Waals surface area contributed by atoms with E-state index in [1.807, 2.05) is 57.7 Å². The summed E-state index contributed by atoms with van der Waals surface area (Å²) in [7, 11) is -2.48. The second kappa shape index (κ2) is 13.1. The molecule has 0 saturated carbocycles. The number of fused-ring (bicyclic) bond motifs is 1. The molecule has 8 heteroatoms. The number of ether oxygens (including phenoxy) is 1. The van der Waals surface area contributed by atoms with Crippen molar-refractivity contribution >= 4 is 19.5 Å². The molecule has 0 saturated heterocycles. The second-order valence-corrected chi connectivity index (χ2v) is 12.2. The molecule has 0 spiro atoms. The van der Waals surface area contributed by atoms with Gasteiger partial charge in [0.05, 0.1) is 12.2 Å². The minimum absolute atomic E-state index is 0.00486. The molecular formula is C28H36F2O5Si. The van der Waals surface area contributed by atoms with Gasteiger partial charge in [-0.1, -0.05) is 31.2 Å². The molecule has 3 aromatic rings. The molecule has 2 atom stereocenters. The molecular weight excluding hydrogens is 482 g/mol. The number of benzene rings is 2. The molecule has 0 bridgehead atoms. The minimum atomic E-state index is -2.48. The zero-order valence-corrected chi connectivity index (χ0v) is 22.5. The normalized spacial score (nSPS) is 13.6. The molecule has 0 amide bonds. The predicted molar refractivity (Wildman–Crippen MR) is 141 cm³/mol. The maximum absolute atomic E-state index is 14.4. The lowest BCUT2D eigenvalue weighted by molar-refractivity contribution is 0.127. The third-order valence-corrected chi connectivity index (χ3v) is 9.22. The van der Waals surface area contributed by atoms with Crippen molar-refractivity contribution in [3.05, 3.63) is 64.5 Å². The largest absolute Gasteiger partial charge is 0.493 e. The number of hydrogen-bond donors (Lipinski definition) is 0. The van der Waals surface area contributed by atoms with Crippen LogP contribution < -0.4 is 10.4 Å². The van der Waals surface area contributed by atoms with Crippen molar-refractivity contribution in [3.63, 3.8) is 0 Å². The summed E-state index contributed by atoms with van der Waals surface area (Å²) in [5.41, 5.74) is 2.39. The Morgan fingerprint density at radius 1 is 0.917 bits per heavy atom. The number of hydrogen-bond acceptors (Lipinski definition) is 5. The lowest BCUT2D eigenvalue weighted by atomic mass is 9.98. The highest BCUT2D eigenvalue weighted by Gasteiger charge is 2.33. The Balaban J connectivity index is 1.59. The number of aryl methyl sites for hydroxylation is 1. The van der Waals surface area contributed by atoms with E-state index in [0.717, 1.165) is 22.9 Å². The maximum Gasteiger partial charge on any atom is 0.344 e. The fourth-order valence-corrected chi connectivity index (χ4v) is 6.70. The monoisotopic (exact) mass is 518 g/mol. The zero-order chi connectivity index (χ0) is 26.1. The van der Waals surface area contributed by atoms with Crippen molar-refractivity contribution in [2.75, 3.05) is 19.8 Å². The summed E-state index contributed by atoms with van der Waals surface area (Å²) in [6.45, 7) is 8.65. The van der Waals surface area contributed by atoms with Crippen LogP contribution in [0.3, 0.4) is 0 Å². The maximum atomic E-state index is 14.4. The Kier molecular flexibility index (Phi) is 10.2. The average Bonchev–Trinajstić information content (AvgIpc) is 2.87. The minimum Gasteiger partial charge on any atom is -0.493 e. The van der Waals surface area contributed by atoms with E-state index in [0.29, 0.717) is 36.2 Å². The molecule has 0 aliphatic heterocycles. The first-order valence-electron chi connectivity index (χ1n) is 12.6. The molecule has 0 N–H and O–H groups in total. The summed E-state index contributed by atoms with van der Waals surface area (Å²) >= 11 is 0. The predicted octanol–water partition coefficient (Wildman–Crippen LogP) is 7.00. The molecule has 0 radical (unpaired) electrons. The highest BCUT2D eigenvalue weighted by molar-refractivity contribution is 6.66. The van der Waals surface area contributed by atoms with Gasteiger partial charge < -0.3 is 18.0 Å². The first kappa shape index (κ1) is 28.0. The van der Waals surface area contributed by atoms with Gasteiger partial charge in [-0.15, -0.1) is 0 Å². The van der Waals surface area contributed by atoms with Crippen molar-refractivity contribution in [3.8, 4) is 16.9 Å². The van der Waals surface area contributed by atoms with E-state index in [4.69, 9.17) is 18.0 Å². The lowest BCUT2D eigenvalue weighted by Gasteiger charge is -2.27. The van der Waals surface area contributed by atoms with Crippen LogP contribution >= 0.6 is 0 Å². The van der Waals surface area contributed by atoms with Crippen LogP contribution in [-0.4, -0.2) is 40.7 Å². The smallest absolute Gasteiger partial charge is 0.344 e. The van der Waals surface area contributed by atoms with Crippen molar-refractivity contribution in [2.45, 2.75) is 65.0 Å².